The smallest absolute Gasteiger partial charge is 0.131 e. The molecule has 0 amide bonds. The van der Waals surface area contributed by atoms with Gasteiger partial charge in [0, 0.05) is 33.3 Å². The standard InChI is InChI=1S/C43H33NO/c1-43(2)38-16-8-9-18-41(38)45-42-28-23-34(29-39(42)43)32-21-26-36(27-22-32)44(40-17-10-14-33-13-6-7-15-37(33)40)35-24-19-31(20-25-35)30-11-4-3-5-12-30/h3-29H,1-2H3. The molecule has 8 rings (SSSR count). The summed E-state index contributed by atoms with van der Waals surface area (Å²) in [6.45, 7) is 4.57. The summed E-state index contributed by atoms with van der Waals surface area (Å²) in [6, 6.07) is 58.4. The minimum absolute atomic E-state index is 0.156. The van der Waals surface area contributed by atoms with Gasteiger partial charge in [0.15, 0.2) is 0 Å². The Morgan fingerprint density at radius 1 is 0.444 bits per heavy atom. The fourth-order valence-corrected chi connectivity index (χ4v) is 6.69. The summed E-state index contributed by atoms with van der Waals surface area (Å²) >= 11 is 0. The second-order valence-electron chi connectivity index (χ2n) is 12.2. The summed E-state index contributed by atoms with van der Waals surface area (Å²) in [5.74, 6) is 1.87. The lowest BCUT2D eigenvalue weighted by atomic mass is 9.75. The van der Waals surface area contributed by atoms with Gasteiger partial charge in [-0.25, -0.2) is 0 Å². The van der Waals surface area contributed by atoms with Gasteiger partial charge in [-0.3, -0.25) is 0 Å². The van der Waals surface area contributed by atoms with E-state index in [-0.39, 0.29) is 5.41 Å². The number of nitrogens with zero attached hydrogens (tertiary/aromatic N) is 1. The summed E-state index contributed by atoms with van der Waals surface area (Å²) in [5, 5.41) is 2.44. The van der Waals surface area contributed by atoms with Crippen LogP contribution in [0.4, 0.5) is 17.1 Å². The molecular formula is C43H33NO. The van der Waals surface area contributed by atoms with E-state index in [9.17, 15) is 0 Å². The highest BCUT2D eigenvalue weighted by molar-refractivity contribution is 5.99. The molecule has 2 nitrogen and oxygen atoms in total. The number of rotatable bonds is 5. The third kappa shape index (κ3) is 4.76. The van der Waals surface area contributed by atoms with E-state index in [1.54, 1.807) is 0 Å². The Hall–Kier alpha value is -5.60. The highest BCUT2D eigenvalue weighted by Gasteiger charge is 2.34. The Kier molecular flexibility index (Phi) is 6.50. The first-order valence-corrected chi connectivity index (χ1v) is 15.5. The Bertz CT molecular complexity index is 2140. The lowest BCUT2D eigenvalue weighted by Gasteiger charge is -2.34. The highest BCUT2D eigenvalue weighted by Crippen LogP contribution is 2.49. The van der Waals surface area contributed by atoms with Gasteiger partial charge in [-0.05, 0) is 76.2 Å². The van der Waals surface area contributed by atoms with E-state index in [1.165, 1.54) is 44.2 Å². The highest BCUT2D eigenvalue weighted by atomic mass is 16.5. The molecule has 0 unspecified atom stereocenters. The van der Waals surface area contributed by atoms with Crippen LogP contribution in [0.25, 0.3) is 33.0 Å². The van der Waals surface area contributed by atoms with Gasteiger partial charge < -0.3 is 9.64 Å². The molecule has 7 aromatic rings. The topological polar surface area (TPSA) is 12.5 Å². The zero-order chi connectivity index (χ0) is 30.4. The third-order valence-corrected chi connectivity index (χ3v) is 9.13. The monoisotopic (exact) mass is 579 g/mol. The molecule has 216 valence electrons. The molecule has 0 aromatic heterocycles. The minimum atomic E-state index is -0.156. The number of hydrogen-bond donors (Lipinski definition) is 0. The number of anilines is 3. The predicted octanol–water partition coefficient (Wildman–Crippen LogP) is 12.1. The Morgan fingerprint density at radius 3 is 1.76 bits per heavy atom. The molecule has 0 saturated heterocycles. The molecule has 1 aliphatic rings. The van der Waals surface area contributed by atoms with Gasteiger partial charge in [-0.1, -0.05) is 129 Å². The van der Waals surface area contributed by atoms with Gasteiger partial charge in [0.2, 0.25) is 0 Å². The van der Waals surface area contributed by atoms with E-state index >= 15 is 0 Å². The van der Waals surface area contributed by atoms with Gasteiger partial charge in [-0.2, -0.15) is 0 Å². The molecule has 0 fully saturated rings. The first kappa shape index (κ1) is 27.0. The van der Waals surface area contributed by atoms with Gasteiger partial charge >= 0.3 is 0 Å². The van der Waals surface area contributed by atoms with Crippen molar-refractivity contribution < 1.29 is 4.74 Å². The van der Waals surface area contributed by atoms with Crippen LogP contribution in [0.2, 0.25) is 0 Å². The average Bonchev–Trinajstić information content (AvgIpc) is 3.10. The first-order valence-electron chi connectivity index (χ1n) is 15.5. The maximum absolute atomic E-state index is 6.32. The minimum Gasteiger partial charge on any atom is -0.457 e. The van der Waals surface area contributed by atoms with E-state index < -0.39 is 0 Å². The van der Waals surface area contributed by atoms with Gasteiger partial charge in [0.1, 0.15) is 11.5 Å². The molecule has 1 aliphatic heterocycles. The summed E-state index contributed by atoms with van der Waals surface area (Å²) in [6.07, 6.45) is 0. The summed E-state index contributed by atoms with van der Waals surface area (Å²) in [7, 11) is 0. The number of benzene rings is 7. The molecule has 0 spiro atoms. The zero-order valence-electron chi connectivity index (χ0n) is 25.4. The van der Waals surface area contributed by atoms with E-state index in [0.717, 1.165) is 28.6 Å². The molecule has 0 radical (unpaired) electrons. The Labute approximate surface area is 264 Å². The Balaban J connectivity index is 1.19. The predicted molar refractivity (Wildman–Crippen MR) is 188 cm³/mol. The maximum Gasteiger partial charge on any atom is 0.131 e. The normalized spacial score (nSPS) is 13.0. The molecule has 0 saturated carbocycles. The SMILES string of the molecule is CC1(C)c2ccccc2Oc2ccc(-c3ccc(N(c4ccc(-c5ccccc5)cc4)c4cccc5ccccc45)cc3)cc21. The number of fused-ring (bicyclic) bond motifs is 3. The molecule has 45 heavy (non-hydrogen) atoms. The maximum atomic E-state index is 6.32. The van der Waals surface area contributed by atoms with Crippen molar-refractivity contribution in [3.05, 3.63) is 175 Å². The average molecular weight is 580 g/mol. The van der Waals surface area contributed by atoms with E-state index in [0.29, 0.717) is 0 Å². The Morgan fingerprint density at radius 2 is 1.00 bits per heavy atom. The molecule has 2 heteroatoms. The van der Waals surface area contributed by atoms with Crippen LogP contribution in [-0.2, 0) is 5.41 Å². The van der Waals surface area contributed by atoms with Crippen LogP contribution in [0.5, 0.6) is 11.5 Å². The van der Waals surface area contributed by atoms with Crippen molar-refractivity contribution in [3.63, 3.8) is 0 Å². The van der Waals surface area contributed by atoms with Gasteiger partial charge in [0.25, 0.3) is 0 Å². The quantitative estimate of drug-likeness (QED) is 0.201. The number of hydrogen-bond acceptors (Lipinski definition) is 2. The molecule has 0 atom stereocenters. The lowest BCUT2D eigenvalue weighted by Crippen LogP contribution is -2.24. The first-order chi connectivity index (χ1) is 22.1. The van der Waals surface area contributed by atoms with Crippen molar-refractivity contribution in [1.82, 2.24) is 0 Å². The van der Waals surface area contributed by atoms with Crippen LogP contribution in [0.3, 0.4) is 0 Å². The van der Waals surface area contributed by atoms with Crippen molar-refractivity contribution in [2.75, 3.05) is 4.90 Å². The van der Waals surface area contributed by atoms with Crippen molar-refractivity contribution in [1.29, 1.82) is 0 Å². The van der Waals surface area contributed by atoms with Crippen LogP contribution in [-0.4, -0.2) is 0 Å². The van der Waals surface area contributed by atoms with Crippen molar-refractivity contribution in [2.45, 2.75) is 19.3 Å². The van der Waals surface area contributed by atoms with Crippen LogP contribution < -0.4 is 9.64 Å². The van der Waals surface area contributed by atoms with E-state index in [2.05, 4.69) is 176 Å². The summed E-state index contributed by atoms with van der Waals surface area (Å²) in [5.41, 5.74) is 10.4. The van der Waals surface area contributed by atoms with Gasteiger partial charge in [0.05, 0.1) is 5.69 Å². The van der Waals surface area contributed by atoms with E-state index in [4.69, 9.17) is 4.74 Å². The molecular weight excluding hydrogens is 546 g/mol. The molecule has 0 aliphatic carbocycles. The summed E-state index contributed by atoms with van der Waals surface area (Å²) in [4.78, 5) is 2.36. The fourth-order valence-electron chi connectivity index (χ4n) is 6.69. The number of para-hydroxylation sites is 1. The second-order valence-corrected chi connectivity index (χ2v) is 12.2. The van der Waals surface area contributed by atoms with Crippen molar-refractivity contribution in [3.8, 4) is 33.8 Å². The van der Waals surface area contributed by atoms with Crippen molar-refractivity contribution >= 4 is 27.8 Å². The lowest BCUT2D eigenvalue weighted by molar-refractivity contribution is 0.418. The summed E-state index contributed by atoms with van der Waals surface area (Å²) < 4.78 is 6.32. The second kappa shape index (κ2) is 10.8. The van der Waals surface area contributed by atoms with Crippen molar-refractivity contribution in [2.24, 2.45) is 0 Å². The van der Waals surface area contributed by atoms with Crippen LogP contribution in [0.15, 0.2) is 164 Å². The third-order valence-electron chi connectivity index (χ3n) is 9.13. The number of ether oxygens (including phenoxy) is 1. The fraction of sp³-hybridized carbons (Fsp3) is 0.0698. The van der Waals surface area contributed by atoms with Crippen LogP contribution >= 0.6 is 0 Å². The van der Waals surface area contributed by atoms with Gasteiger partial charge in [-0.15, -0.1) is 0 Å². The molecule has 0 N–H and O–H groups in total. The van der Waals surface area contributed by atoms with E-state index in [1.807, 2.05) is 6.07 Å². The molecule has 1 heterocycles. The van der Waals surface area contributed by atoms with Crippen LogP contribution in [0.1, 0.15) is 25.0 Å². The molecule has 7 aromatic carbocycles. The van der Waals surface area contributed by atoms with Crippen LogP contribution in [0, 0.1) is 0 Å². The molecule has 0 bridgehead atoms. The zero-order valence-corrected chi connectivity index (χ0v) is 25.4. The largest absolute Gasteiger partial charge is 0.457 e.